The second-order valence-electron chi connectivity index (χ2n) is 4.76. The molecule has 0 radical (unpaired) electrons. The lowest BCUT2D eigenvalue weighted by molar-refractivity contribution is 0.580. The summed E-state index contributed by atoms with van der Waals surface area (Å²) >= 11 is 0. The molecule has 0 unspecified atom stereocenters. The molecule has 5 heteroatoms. The molecule has 1 aromatic rings. The number of anilines is 1. The Balaban J connectivity index is 2.38. The van der Waals surface area contributed by atoms with Crippen molar-refractivity contribution in [1.29, 1.82) is 0 Å². The fraction of sp³-hybridized carbons (Fsp3) is 0.538. The highest BCUT2D eigenvalue weighted by Gasteiger charge is 2.19. The molecule has 0 amide bonds. The third-order valence-corrected chi connectivity index (χ3v) is 4.77. The third-order valence-electron chi connectivity index (χ3n) is 3.33. The standard InChI is InChI=1S/C13H20N2O2S/c1-2-7-15-18(16,17)11-8-10-5-3-4-6-12(10)13(14)9-11/h8-9,15H,2-7,14H2,1H3. The first-order chi connectivity index (χ1) is 8.54. The average molecular weight is 268 g/mol. The molecule has 18 heavy (non-hydrogen) atoms. The lowest BCUT2D eigenvalue weighted by Gasteiger charge is -2.19. The lowest BCUT2D eigenvalue weighted by atomic mass is 9.91. The molecule has 1 aliphatic carbocycles. The highest BCUT2D eigenvalue weighted by molar-refractivity contribution is 7.89. The van der Waals surface area contributed by atoms with Crippen LogP contribution >= 0.6 is 0 Å². The molecule has 0 bridgehead atoms. The second-order valence-corrected chi connectivity index (χ2v) is 6.52. The topological polar surface area (TPSA) is 72.2 Å². The van der Waals surface area contributed by atoms with Crippen molar-refractivity contribution >= 4 is 15.7 Å². The van der Waals surface area contributed by atoms with E-state index in [9.17, 15) is 8.42 Å². The first-order valence-corrected chi connectivity index (χ1v) is 7.94. The molecule has 0 saturated carbocycles. The van der Waals surface area contributed by atoms with Crippen molar-refractivity contribution in [3.8, 4) is 0 Å². The molecule has 100 valence electrons. The molecular weight excluding hydrogens is 248 g/mol. The molecule has 0 aromatic heterocycles. The van der Waals surface area contributed by atoms with Crippen LogP contribution in [0.4, 0.5) is 5.69 Å². The van der Waals surface area contributed by atoms with E-state index in [1.54, 1.807) is 12.1 Å². The second kappa shape index (κ2) is 5.28. The van der Waals surface area contributed by atoms with Gasteiger partial charge in [-0.1, -0.05) is 6.92 Å². The number of hydrogen-bond donors (Lipinski definition) is 2. The minimum absolute atomic E-state index is 0.300. The van der Waals surface area contributed by atoms with Crippen molar-refractivity contribution < 1.29 is 8.42 Å². The Morgan fingerprint density at radius 2 is 2.00 bits per heavy atom. The number of rotatable bonds is 4. The number of aryl methyl sites for hydroxylation is 1. The van der Waals surface area contributed by atoms with Crippen LogP contribution in [0.5, 0.6) is 0 Å². The van der Waals surface area contributed by atoms with E-state index in [-0.39, 0.29) is 0 Å². The quantitative estimate of drug-likeness (QED) is 0.818. The first-order valence-electron chi connectivity index (χ1n) is 6.45. The molecule has 4 nitrogen and oxygen atoms in total. The summed E-state index contributed by atoms with van der Waals surface area (Å²) in [6.07, 6.45) is 4.91. The van der Waals surface area contributed by atoms with Crippen molar-refractivity contribution in [3.63, 3.8) is 0 Å². The Labute approximate surface area is 109 Å². The van der Waals surface area contributed by atoms with E-state index in [4.69, 9.17) is 5.73 Å². The molecule has 0 aliphatic heterocycles. The van der Waals surface area contributed by atoms with Gasteiger partial charge in [-0.15, -0.1) is 0 Å². The SMILES string of the molecule is CCCNS(=O)(=O)c1cc(N)c2c(c1)CCCC2. The maximum atomic E-state index is 12.1. The summed E-state index contributed by atoms with van der Waals surface area (Å²) in [4.78, 5) is 0.300. The van der Waals surface area contributed by atoms with Gasteiger partial charge in [-0.2, -0.15) is 0 Å². The van der Waals surface area contributed by atoms with Crippen LogP contribution < -0.4 is 10.5 Å². The molecule has 2 rings (SSSR count). The Kier molecular flexibility index (Phi) is 3.92. The molecule has 0 saturated heterocycles. The van der Waals surface area contributed by atoms with Gasteiger partial charge in [0.1, 0.15) is 0 Å². The van der Waals surface area contributed by atoms with Crippen LogP contribution in [0.25, 0.3) is 0 Å². The van der Waals surface area contributed by atoms with Crippen LogP contribution in [0.2, 0.25) is 0 Å². The summed E-state index contributed by atoms with van der Waals surface area (Å²) in [7, 11) is -3.41. The number of sulfonamides is 1. The van der Waals surface area contributed by atoms with E-state index >= 15 is 0 Å². The minimum atomic E-state index is -3.41. The van der Waals surface area contributed by atoms with E-state index in [1.807, 2.05) is 6.92 Å². The molecule has 0 fully saturated rings. The highest BCUT2D eigenvalue weighted by Crippen LogP contribution is 2.29. The van der Waals surface area contributed by atoms with Gasteiger partial charge in [-0.3, -0.25) is 0 Å². The first kappa shape index (κ1) is 13.4. The van der Waals surface area contributed by atoms with Gasteiger partial charge in [0.2, 0.25) is 10.0 Å². The summed E-state index contributed by atoms with van der Waals surface area (Å²) in [6.45, 7) is 2.39. The molecule has 1 aromatic carbocycles. The maximum Gasteiger partial charge on any atom is 0.240 e. The molecule has 0 spiro atoms. The smallest absolute Gasteiger partial charge is 0.240 e. The van der Waals surface area contributed by atoms with Gasteiger partial charge < -0.3 is 5.73 Å². The largest absolute Gasteiger partial charge is 0.398 e. The Bertz CT molecular complexity index is 538. The molecule has 1 aliphatic rings. The van der Waals surface area contributed by atoms with Crippen LogP contribution in [-0.4, -0.2) is 15.0 Å². The predicted molar refractivity (Wildman–Crippen MR) is 73.0 cm³/mol. The highest BCUT2D eigenvalue weighted by atomic mass is 32.2. The van der Waals surface area contributed by atoms with Crippen molar-refractivity contribution in [2.24, 2.45) is 0 Å². The van der Waals surface area contributed by atoms with Gasteiger partial charge in [0.15, 0.2) is 0 Å². The van der Waals surface area contributed by atoms with E-state index in [1.165, 1.54) is 0 Å². The number of nitrogens with two attached hydrogens (primary N) is 1. The molecule has 3 N–H and O–H groups in total. The Morgan fingerprint density at radius 3 is 2.72 bits per heavy atom. The number of hydrogen-bond acceptors (Lipinski definition) is 3. The fourth-order valence-electron chi connectivity index (χ4n) is 2.35. The summed E-state index contributed by atoms with van der Waals surface area (Å²) in [5, 5.41) is 0. The van der Waals surface area contributed by atoms with Crippen molar-refractivity contribution in [2.75, 3.05) is 12.3 Å². The van der Waals surface area contributed by atoms with Gasteiger partial charge >= 0.3 is 0 Å². The van der Waals surface area contributed by atoms with E-state index < -0.39 is 10.0 Å². The van der Waals surface area contributed by atoms with Crippen molar-refractivity contribution in [3.05, 3.63) is 23.3 Å². The van der Waals surface area contributed by atoms with Crippen LogP contribution in [0.15, 0.2) is 17.0 Å². The van der Waals surface area contributed by atoms with Crippen LogP contribution in [0.3, 0.4) is 0 Å². The predicted octanol–water partition coefficient (Wildman–Crippen LogP) is 1.84. The van der Waals surface area contributed by atoms with Crippen molar-refractivity contribution in [2.45, 2.75) is 43.9 Å². The zero-order chi connectivity index (χ0) is 13.2. The summed E-state index contributed by atoms with van der Waals surface area (Å²) in [6, 6.07) is 3.37. The van der Waals surface area contributed by atoms with E-state index in [0.29, 0.717) is 17.1 Å². The van der Waals surface area contributed by atoms with Gasteiger partial charge in [-0.05, 0) is 55.4 Å². The van der Waals surface area contributed by atoms with Crippen LogP contribution in [0.1, 0.15) is 37.3 Å². The van der Waals surface area contributed by atoms with E-state index in [2.05, 4.69) is 4.72 Å². The molecular formula is C13H20N2O2S. The monoisotopic (exact) mass is 268 g/mol. The zero-order valence-corrected chi connectivity index (χ0v) is 11.5. The Morgan fingerprint density at radius 1 is 1.28 bits per heavy atom. The van der Waals surface area contributed by atoms with Gasteiger partial charge in [0.25, 0.3) is 0 Å². The number of nitrogen functional groups attached to an aromatic ring is 1. The van der Waals surface area contributed by atoms with Gasteiger partial charge in [-0.25, -0.2) is 13.1 Å². The Hall–Kier alpha value is -1.07. The molecule has 0 heterocycles. The zero-order valence-electron chi connectivity index (χ0n) is 10.7. The van der Waals surface area contributed by atoms with Gasteiger partial charge in [0, 0.05) is 12.2 Å². The summed E-state index contributed by atoms with van der Waals surface area (Å²) in [5.41, 5.74) is 8.82. The number of nitrogens with one attached hydrogen (secondary N) is 1. The fourth-order valence-corrected chi connectivity index (χ4v) is 3.57. The summed E-state index contributed by atoms with van der Waals surface area (Å²) in [5.74, 6) is 0. The number of fused-ring (bicyclic) bond motifs is 1. The lowest BCUT2D eigenvalue weighted by Crippen LogP contribution is -2.25. The van der Waals surface area contributed by atoms with Gasteiger partial charge in [0.05, 0.1) is 4.90 Å². The van der Waals surface area contributed by atoms with Crippen LogP contribution in [-0.2, 0) is 22.9 Å². The maximum absolute atomic E-state index is 12.1. The van der Waals surface area contributed by atoms with E-state index in [0.717, 1.165) is 43.2 Å². The summed E-state index contributed by atoms with van der Waals surface area (Å²) < 4.78 is 26.7. The molecule has 0 atom stereocenters. The normalized spacial score (nSPS) is 15.4. The number of benzene rings is 1. The average Bonchev–Trinajstić information content (AvgIpc) is 2.36. The minimum Gasteiger partial charge on any atom is -0.398 e. The van der Waals surface area contributed by atoms with Crippen LogP contribution in [0, 0.1) is 0 Å². The van der Waals surface area contributed by atoms with Crippen molar-refractivity contribution in [1.82, 2.24) is 4.72 Å². The third kappa shape index (κ3) is 2.67.